The highest BCUT2D eigenvalue weighted by Crippen LogP contribution is 2.32. The summed E-state index contributed by atoms with van der Waals surface area (Å²) in [5.41, 5.74) is 2.24. The van der Waals surface area contributed by atoms with E-state index in [1.54, 1.807) is 16.9 Å². The van der Waals surface area contributed by atoms with Gasteiger partial charge in [-0.15, -0.1) is 0 Å². The molecule has 8 heteroatoms. The fraction of sp³-hybridized carbons (Fsp3) is 0.300. The summed E-state index contributed by atoms with van der Waals surface area (Å²) in [5.74, 6) is 1.42. The van der Waals surface area contributed by atoms with Crippen molar-refractivity contribution < 1.29 is 4.42 Å². The summed E-state index contributed by atoms with van der Waals surface area (Å²) < 4.78 is 7.19. The lowest BCUT2D eigenvalue weighted by Gasteiger charge is -2.38. The first-order valence-corrected chi connectivity index (χ1v) is 9.80. The van der Waals surface area contributed by atoms with Crippen molar-refractivity contribution in [3.63, 3.8) is 0 Å². The average Bonchev–Trinajstić information content (AvgIpc) is 3.14. The molecule has 0 saturated heterocycles. The molecule has 0 fully saturated rings. The highest BCUT2D eigenvalue weighted by molar-refractivity contribution is 6.35. The number of hydrogen-bond acceptors (Lipinski definition) is 5. The number of halogens is 2. The normalized spacial score (nSPS) is 14.4. The van der Waals surface area contributed by atoms with Gasteiger partial charge in [0.05, 0.1) is 26.1 Å². The summed E-state index contributed by atoms with van der Waals surface area (Å²) in [4.78, 5) is 21.9. The number of fused-ring (bicyclic) bond motifs is 1. The Morgan fingerprint density at radius 2 is 1.93 bits per heavy atom. The molecule has 6 nitrogen and oxygen atoms in total. The van der Waals surface area contributed by atoms with Crippen molar-refractivity contribution in [3.05, 3.63) is 74.0 Å². The second-order valence-electron chi connectivity index (χ2n) is 6.81. The fourth-order valence-electron chi connectivity index (χ4n) is 3.55. The molecule has 1 aromatic carbocycles. The summed E-state index contributed by atoms with van der Waals surface area (Å²) in [7, 11) is 0. The first-order valence-electron chi connectivity index (χ1n) is 9.05. The molecule has 0 spiro atoms. The number of hydrogen-bond donors (Lipinski definition) is 0. The third-order valence-electron chi connectivity index (χ3n) is 4.85. The van der Waals surface area contributed by atoms with E-state index in [1.807, 2.05) is 43.0 Å². The Bertz CT molecular complexity index is 1040. The minimum absolute atomic E-state index is 0.0210. The topological polar surface area (TPSA) is 54.5 Å². The third-order valence-corrected chi connectivity index (χ3v) is 5.28. The average molecular weight is 419 g/mol. The van der Waals surface area contributed by atoms with Gasteiger partial charge in [0.1, 0.15) is 5.76 Å². The van der Waals surface area contributed by atoms with Crippen LogP contribution in [0.15, 0.2) is 45.8 Å². The quantitative estimate of drug-likeness (QED) is 0.620. The predicted octanol–water partition coefficient (Wildman–Crippen LogP) is 4.58. The first kappa shape index (κ1) is 19.1. The minimum atomic E-state index is -0.0210. The van der Waals surface area contributed by atoms with Crippen LogP contribution in [-0.4, -0.2) is 21.1 Å². The molecule has 3 aromatic rings. The van der Waals surface area contributed by atoms with E-state index in [9.17, 15) is 4.79 Å². The summed E-state index contributed by atoms with van der Waals surface area (Å²) in [6.07, 6.45) is 2.28. The van der Waals surface area contributed by atoms with Crippen LogP contribution in [0.1, 0.15) is 23.9 Å². The maximum Gasteiger partial charge on any atom is 0.259 e. The Balaban J connectivity index is 1.83. The molecule has 0 amide bonds. The number of nitrogens with zero attached hydrogens (tertiary/aromatic N) is 4. The van der Waals surface area contributed by atoms with Crippen LogP contribution in [0.4, 0.5) is 11.6 Å². The van der Waals surface area contributed by atoms with Gasteiger partial charge in [-0.2, -0.15) is 0 Å². The van der Waals surface area contributed by atoms with Crippen LogP contribution in [0, 0.1) is 6.92 Å². The van der Waals surface area contributed by atoms with E-state index in [1.165, 1.54) is 0 Å². The number of aromatic nitrogens is 2. The molecule has 1 aliphatic heterocycles. The number of furan rings is 1. The number of anilines is 2. The van der Waals surface area contributed by atoms with Crippen molar-refractivity contribution in [1.82, 2.24) is 14.5 Å². The van der Waals surface area contributed by atoms with Crippen LogP contribution in [0.3, 0.4) is 0 Å². The van der Waals surface area contributed by atoms with Crippen LogP contribution in [-0.2, 0) is 19.6 Å². The SMILES string of the molecule is CCc1c(C)nc2n(c1=O)CN(Cc1ccco1)CN2c1cc(Cl)cc(Cl)c1. The Labute approximate surface area is 172 Å². The van der Waals surface area contributed by atoms with Crippen LogP contribution in [0.2, 0.25) is 10.0 Å². The van der Waals surface area contributed by atoms with Gasteiger partial charge in [-0.3, -0.25) is 19.2 Å². The molecular weight excluding hydrogens is 399 g/mol. The molecule has 4 rings (SSSR count). The second-order valence-corrected chi connectivity index (χ2v) is 7.68. The largest absolute Gasteiger partial charge is 0.468 e. The predicted molar refractivity (Wildman–Crippen MR) is 110 cm³/mol. The maximum atomic E-state index is 13.1. The summed E-state index contributed by atoms with van der Waals surface area (Å²) in [5, 5.41) is 1.06. The van der Waals surface area contributed by atoms with Gasteiger partial charge in [-0.05, 0) is 43.7 Å². The monoisotopic (exact) mass is 418 g/mol. The molecule has 0 N–H and O–H groups in total. The lowest BCUT2D eigenvalue weighted by atomic mass is 10.2. The zero-order valence-electron chi connectivity index (χ0n) is 15.7. The van der Waals surface area contributed by atoms with Crippen molar-refractivity contribution >= 4 is 34.8 Å². The summed E-state index contributed by atoms with van der Waals surface area (Å²) in [6.45, 7) is 5.36. The molecule has 0 unspecified atom stereocenters. The highest BCUT2D eigenvalue weighted by atomic mass is 35.5. The minimum Gasteiger partial charge on any atom is -0.468 e. The van der Waals surface area contributed by atoms with Gasteiger partial charge in [0.25, 0.3) is 5.56 Å². The number of benzene rings is 1. The Morgan fingerprint density at radius 1 is 1.18 bits per heavy atom. The van der Waals surface area contributed by atoms with Gasteiger partial charge in [0.2, 0.25) is 5.95 Å². The third kappa shape index (κ3) is 3.55. The number of aryl methyl sites for hydroxylation is 1. The zero-order chi connectivity index (χ0) is 19.8. The lowest BCUT2D eigenvalue weighted by Crippen LogP contribution is -2.47. The molecule has 28 heavy (non-hydrogen) atoms. The molecule has 1 aliphatic rings. The molecule has 0 aliphatic carbocycles. The summed E-state index contributed by atoms with van der Waals surface area (Å²) >= 11 is 12.5. The van der Waals surface area contributed by atoms with Gasteiger partial charge in [-0.25, -0.2) is 4.98 Å². The zero-order valence-corrected chi connectivity index (χ0v) is 17.2. The van der Waals surface area contributed by atoms with E-state index in [0.717, 1.165) is 22.7 Å². The maximum absolute atomic E-state index is 13.1. The fourth-order valence-corrected chi connectivity index (χ4v) is 4.06. The molecule has 3 heterocycles. The van der Waals surface area contributed by atoms with E-state index in [-0.39, 0.29) is 5.56 Å². The van der Waals surface area contributed by atoms with Crippen LogP contribution < -0.4 is 10.5 Å². The van der Waals surface area contributed by atoms with Gasteiger partial charge in [0, 0.05) is 27.0 Å². The van der Waals surface area contributed by atoms with Gasteiger partial charge in [0.15, 0.2) is 0 Å². The van der Waals surface area contributed by atoms with E-state index >= 15 is 0 Å². The highest BCUT2D eigenvalue weighted by Gasteiger charge is 2.28. The first-order chi connectivity index (χ1) is 13.5. The molecular formula is C20H20Cl2N4O2. The van der Waals surface area contributed by atoms with E-state index in [0.29, 0.717) is 42.3 Å². The van der Waals surface area contributed by atoms with Crippen molar-refractivity contribution in [3.8, 4) is 0 Å². The summed E-state index contributed by atoms with van der Waals surface area (Å²) in [6, 6.07) is 9.10. The van der Waals surface area contributed by atoms with Gasteiger partial charge >= 0.3 is 0 Å². The molecule has 0 atom stereocenters. The van der Waals surface area contributed by atoms with Crippen molar-refractivity contribution in [2.45, 2.75) is 33.5 Å². The molecule has 0 bridgehead atoms. The molecule has 146 valence electrons. The van der Waals surface area contributed by atoms with Gasteiger partial charge < -0.3 is 4.42 Å². The van der Waals surface area contributed by atoms with Crippen molar-refractivity contribution in [2.75, 3.05) is 11.6 Å². The van der Waals surface area contributed by atoms with Crippen LogP contribution >= 0.6 is 23.2 Å². The Hall–Kier alpha value is -2.28. The Morgan fingerprint density at radius 3 is 2.57 bits per heavy atom. The molecule has 0 saturated carbocycles. The number of rotatable bonds is 4. The Kier molecular flexibility index (Phi) is 5.19. The van der Waals surface area contributed by atoms with E-state index in [4.69, 9.17) is 32.6 Å². The standard InChI is InChI=1S/C20H20Cl2N4O2/c1-3-18-13(2)23-20-25(16-8-14(21)7-15(22)9-16)11-24(12-26(20)19(18)27)10-17-5-4-6-28-17/h4-9H,3,10-12H2,1-2H3. The lowest BCUT2D eigenvalue weighted by molar-refractivity contribution is 0.176. The molecule has 0 radical (unpaired) electrons. The molecule has 2 aromatic heterocycles. The smallest absolute Gasteiger partial charge is 0.259 e. The van der Waals surface area contributed by atoms with Crippen molar-refractivity contribution in [2.24, 2.45) is 0 Å². The van der Waals surface area contributed by atoms with Gasteiger partial charge in [-0.1, -0.05) is 30.1 Å². The van der Waals surface area contributed by atoms with Crippen molar-refractivity contribution in [1.29, 1.82) is 0 Å². The van der Waals surface area contributed by atoms with Crippen LogP contribution in [0.5, 0.6) is 0 Å². The van der Waals surface area contributed by atoms with E-state index in [2.05, 4.69) is 4.90 Å². The second kappa shape index (κ2) is 7.62. The van der Waals surface area contributed by atoms with E-state index < -0.39 is 0 Å². The van der Waals surface area contributed by atoms with Crippen LogP contribution in [0.25, 0.3) is 0 Å².